The number of nitrogens with one attached hydrogen (secondary N) is 1. The van der Waals surface area contributed by atoms with Gasteiger partial charge in [0.05, 0.1) is 10.4 Å². The summed E-state index contributed by atoms with van der Waals surface area (Å²) in [5.74, 6) is 2.41. The molecule has 0 aliphatic heterocycles. The van der Waals surface area contributed by atoms with E-state index in [1.54, 1.807) is 32.9 Å². The second-order valence-corrected chi connectivity index (χ2v) is 6.29. The van der Waals surface area contributed by atoms with Gasteiger partial charge in [0.1, 0.15) is 0 Å². The molecular weight excluding hydrogens is 234 g/mol. The van der Waals surface area contributed by atoms with Gasteiger partial charge in [-0.2, -0.15) is 4.72 Å². The summed E-state index contributed by atoms with van der Waals surface area (Å²) in [6, 6.07) is 5.20. The van der Waals surface area contributed by atoms with E-state index in [1.807, 2.05) is 13.0 Å². The zero-order valence-electron chi connectivity index (χ0n) is 10.5. The standard InChI is InChI=1S/C13H17NO2S/c1-6-13(4,5)14-17(15,16)12-8-7-10(2)9-11(12)3/h1,7-9,14H,2-5H3. The SMILES string of the molecule is C#CC(C)(C)NS(=O)(=O)c1ccc(C)cc1C. The number of hydrogen-bond acceptors (Lipinski definition) is 2. The maximum Gasteiger partial charge on any atom is 0.242 e. The molecule has 0 unspecified atom stereocenters. The maximum atomic E-state index is 12.1. The second kappa shape index (κ2) is 4.52. The minimum atomic E-state index is -3.57. The van der Waals surface area contributed by atoms with Gasteiger partial charge < -0.3 is 0 Å². The van der Waals surface area contributed by atoms with Crippen molar-refractivity contribution in [2.24, 2.45) is 0 Å². The molecule has 1 N–H and O–H groups in total. The third-order valence-electron chi connectivity index (χ3n) is 2.37. The molecule has 17 heavy (non-hydrogen) atoms. The van der Waals surface area contributed by atoms with Crippen LogP contribution in [0.4, 0.5) is 0 Å². The molecule has 1 rings (SSSR count). The van der Waals surface area contributed by atoms with Crippen molar-refractivity contribution in [3.05, 3.63) is 29.3 Å². The van der Waals surface area contributed by atoms with E-state index in [2.05, 4.69) is 10.6 Å². The van der Waals surface area contributed by atoms with Gasteiger partial charge in [-0.3, -0.25) is 0 Å². The molecular formula is C13H17NO2S. The molecule has 0 amide bonds. The van der Waals surface area contributed by atoms with Crippen molar-refractivity contribution in [3.8, 4) is 12.3 Å². The van der Waals surface area contributed by atoms with Crippen LogP contribution in [0.5, 0.6) is 0 Å². The highest BCUT2D eigenvalue weighted by atomic mass is 32.2. The van der Waals surface area contributed by atoms with Crippen molar-refractivity contribution in [2.45, 2.75) is 38.1 Å². The summed E-state index contributed by atoms with van der Waals surface area (Å²) in [6.07, 6.45) is 5.28. The summed E-state index contributed by atoms with van der Waals surface area (Å²) in [5, 5.41) is 0. The highest BCUT2D eigenvalue weighted by molar-refractivity contribution is 7.89. The predicted molar refractivity (Wildman–Crippen MR) is 69.1 cm³/mol. The average molecular weight is 251 g/mol. The fourth-order valence-corrected chi connectivity index (χ4v) is 3.09. The second-order valence-electron chi connectivity index (χ2n) is 4.64. The van der Waals surface area contributed by atoms with Crippen LogP contribution in [0.3, 0.4) is 0 Å². The van der Waals surface area contributed by atoms with E-state index in [0.717, 1.165) is 5.56 Å². The minimum absolute atomic E-state index is 0.270. The van der Waals surface area contributed by atoms with E-state index >= 15 is 0 Å². The molecule has 0 aromatic heterocycles. The van der Waals surface area contributed by atoms with Crippen LogP contribution in [-0.2, 0) is 10.0 Å². The van der Waals surface area contributed by atoms with E-state index < -0.39 is 15.6 Å². The van der Waals surface area contributed by atoms with Crippen LogP contribution in [0.15, 0.2) is 23.1 Å². The molecule has 92 valence electrons. The van der Waals surface area contributed by atoms with Crippen LogP contribution in [0.2, 0.25) is 0 Å². The summed E-state index contributed by atoms with van der Waals surface area (Å²) in [4.78, 5) is 0.270. The summed E-state index contributed by atoms with van der Waals surface area (Å²) in [6.45, 7) is 6.98. The number of aryl methyl sites for hydroxylation is 2. The lowest BCUT2D eigenvalue weighted by atomic mass is 10.1. The van der Waals surface area contributed by atoms with Crippen molar-refractivity contribution in [1.29, 1.82) is 0 Å². The number of rotatable bonds is 3. The molecule has 0 heterocycles. The first-order valence-corrected chi connectivity index (χ1v) is 6.75. The summed E-state index contributed by atoms with van der Waals surface area (Å²) in [7, 11) is -3.57. The molecule has 0 saturated carbocycles. The lowest BCUT2D eigenvalue weighted by molar-refractivity contribution is 0.538. The minimum Gasteiger partial charge on any atom is -0.207 e. The molecule has 0 fully saturated rings. The summed E-state index contributed by atoms with van der Waals surface area (Å²) >= 11 is 0. The van der Waals surface area contributed by atoms with Crippen molar-refractivity contribution in [1.82, 2.24) is 4.72 Å². The van der Waals surface area contributed by atoms with Crippen molar-refractivity contribution in [3.63, 3.8) is 0 Å². The zero-order valence-corrected chi connectivity index (χ0v) is 11.4. The van der Waals surface area contributed by atoms with Crippen LogP contribution < -0.4 is 4.72 Å². The molecule has 0 saturated heterocycles. The largest absolute Gasteiger partial charge is 0.242 e. The van der Waals surface area contributed by atoms with Gasteiger partial charge in [-0.25, -0.2) is 8.42 Å². The first kappa shape index (κ1) is 13.8. The van der Waals surface area contributed by atoms with Gasteiger partial charge in [0, 0.05) is 0 Å². The highest BCUT2D eigenvalue weighted by Gasteiger charge is 2.25. The first-order valence-electron chi connectivity index (χ1n) is 5.27. The Balaban J connectivity index is 3.20. The topological polar surface area (TPSA) is 46.2 Å². The van der Waals surface area contributed by atoms with Gasteiger partial charge in [0.15, 0.2) is 0 Å². The smallest absolute Gasteiger partial charge is 0.207 e. The van der Waals surface area contributed by atoms with E-state index in [-0.39, 0.29) is 4.90 Å². The molecule has 0 aliphatic rings. The van der Waals surface area contributed by atoms with Crippen LogP contribution in [-0.4, -0.2) is 14.0 Å². The van der Waals surface area contributed by atoms with Crippen LogP contribution in [0, 0.1) is 26.2 Å². The maximum absolute atomic E-state index is 12.1. The van der Waals surface area contributed by atoms with Gasteiger partial charge in [-0.1, -0.05) is 23.6 Å². The van der Waals surface area contributed by atoms with Crippen molar-refractivity contribution < 1.29 is 8.42 Å². The van der Waals surface area contributed by atoms with Gasteiger partial charge in [-0.15, -0.1) is 6.42 Å². The molecule has 1 aromatic carbocycles. The average Bonchev–Trinajstić information content (AvgIpc) is 2.15. The van der Waals surface area contributed by atoms with E-state index in [9.17, 15) is 8.42 Å². The molecule has 3 nitrogen and oxygen atoms in total. The van der Waals surface area contributed by atoms with Crippen molar-refractivity contribution >= 4 is 10.0 Å². The Morgan fingerprint density at radius 1 is 1.29 bits per heavy atom. The van der Waals surface area contributed by atoms with Crippen LogP contribution in [0.1, 0.15) is 25.0 Å². The number of terminal acetylenes is 1. The molecule has 0 bridgehead atoms. The molecule has 1 aromatic rings. The van der Waals surface area contributed by atoms with E-state index in [4.69, 9.17) is 6.42 Å². The fourth-order valence-electron chi connectivity index (χ4n) is 1.52. The predicted octanol–water partition coefficient (Wildman–Crippen LogP) is 1.99. The zero-order chi connectivity index (χ0) is 13.3. The molecule has 4 heteroatoms. The Morgan fingerprint density at radius 2 is 1.88 bits per heavy atom. The monoisotopic (exact) mass is 251 g/mol. The highest BCUT2D eigenvalue weighted by Crippen LogP contribution is 2.18. The van der Waals surface area contributed by atoms with E-state index in [0.29, 0.717) is 5.56 Å². The third kappa shape index (κ3) is 3.32. The number of benzene rings is 1. The summed E-state index contributed by atoms with van der Waals surface area (Å²) in [5.41, 5.74) is 0.846. The number of hydrogen-bond donors (Lipinski definition) is 1. The molecule has 0 aliphatic carbocycles. The quantitative estimate of drug-likeness (QED) is 0.835. The Labute approximate surface area is 103 Å². The molecule has 0 atom stereocenters. The summed E-state index contributed by atoms with van der Waals surface area (Å²) < 4.78 is 26.8. The van der Waals surface area contributed by atoms with Crippen LogP contribution >= 0.6 is 0 Å². The third-order valence-corrected chi connectivity index (χ3v) is 4.19. The lowest BCUT2D eigenvalue weighted by Crippen LogP contribution is -2.42. The van der Waals surface area contributed by atoms with Gasteiger partial charge in [-0.05, 0) is 39.3 Å². The number of sulfonamides is 1. The normalized spacial score (nSPS) is 12.2. The van der Waals surface area contributed by atoms with Crippen molar-refractivity contribution in [2.75, 3.05) is 0 Å². The van der Waals surface area contributed by atoms with Gasteiger partial charge in [0.25, 0.3) is 0 Å². The van der Waals surface area contributed by atoms with Gasteiger partial charge in [0.2, 0.25) is 10.0 Å². The molecule has 0 radical (unpaired) electrons. The fraction of sp³-hybridized carbons (Fsp3) is 0.385. The Kier molecular flexibility index (Phi) is 3.65. The first-order chi connectivity index (χ1) is 7.68. The Bertz CT molecular complexity index is 566. The Morgan fingerprint density at radius 3 is 2.35 bits per heavy atom. The van der Waals surface area contributed by atoms with Gasteiger partial charge >= 0.3 is 0 Å². The van der Waals surface area contributed by atoms with Crippen LogP contribution in [0.25, 0.3) is 0 Å². The Hall–Kier alpha value is -1.31. The lowest BCUT2D eigenvalue weighted by Gasteiger charge is -2.20. The molecule has 0 spiro atoms. The van der Waals surface area contributed by atoms with E-state index in [1.165, 1.54) is 0 Å².